The molecule has 1 fully saturated rings. The van der Waals surface area contributed by atoms with E-state index in [-0.39, 0.29) is 12.2 Å². The van der Waals surface area contributed by atoms with Gasteiger partial charge in [-0.05, 0) is 13.8 Å². The molecule has 1 heterocycles. The summed E-state index contributed by atoms with van der Waals surface area (Å²) in [5, 5.41) is 11.2. The third-order valence-electron chi connectivity index (χ3n) is 2.71. The summed E-state index contributed by atoms with van der Waals surface area (Å²) in [5.74, 6) is -2.07. The average Bonchev–Trinajstić information content (AvgIpc) is 2.25. The molecule has 1 rings (SSSR count). The molecule has 19 heavy (non-hydrogen) atoms. The number of morpholine rings is 1. The van der Waals surface area contributed by atoms with Crippen molar-refractivity contribution in [3.63, 3.8) is 0 Å². The fourth-order valence-electron chi connectivity index (χ4n) is 1.99. The molecule has 3 amide bonds. The van der Waals surface area contributed by atoms with Gasteiger partial charge in [0.05, 0.1) is 18.6 Å². The van der Waals surface area contributed by atoms with Crippen LogP contribution in [0.25, 0.3) is 0 Å². The first-order chi connectivity index (χ1) is 8.79. The number of nitrogens with two attached hydrogens (primary N) is 1. The van der Waals surface area contributed by atoms with Crippen molar-refractivity contribution in [1.29, 1.82) is 0 Å². The molecule has 0 saturated carbocycles. The Bertz CT molecular complexity index is 363. The van der Waals surface area contributed by atoms with Crippen molar-refractivity contribution >= 4 is 17.9 Å². The van der Waals surface area contributed by atoms with Gasteiger partial charge < -0.3 is 25.8 Å². The lowest BCUT2D eigenvalue weighted by atomic mass is 10.2. The normalized spacial score (nSPS) is 24.6. The van der Waals surface area contributed by atoms with Gasteiger partial charge >= 0.3 is 12.0 Å². The number of ether oxygens (including phenoxy) is 1. The highest BCUT2D eigenvalue weighted by Gasteiger charge is 2.29. The van der Waals surface area contributed by atoms with Gasteiger partial charge in [-0.15, -0.1) is 0 Å². The highest BCUT2D eigenvalue weighted by atomic mass is 16.5. The van der Waals surface area contributed by atoms with Crippen LogP contribution < -0.4 is 11.1 Å². The van der Waals surface area contributed by atoms with Gasteiger partial charge in [0.2, 0.25) is 5.91 Å². The van der Waals surface area contributed by atoms with E-state index < -0.39 is 30.4 Å². The molecular formula is C11H19N3O5. The van der Waals surface area contributed by atoms with E-state index >= 15 is 0 Å². The van der Waals surface area contributed by atoms with Gasteiger partial charge in [0.15, 0.2) is 0 Å². The fraction of sp³-hybridized carbons (Fsp3) is 0.727. The monoisotopic (exact) mass is 273 g/mol. The van der Waals surface area contributed by atoms with Crippen molar-refractivity contribution in [3.8, 4) is 0 Å². The second-order valence-corrected chi connectivity index (χ2v) is 4.67. The topological polar surface area (TPSA) is 122 Å². The number of carboxylic acids is 1. The van der Waals surface area contributed by atoms with Crippen LogP contribution in [0.15, 0.2) is 0 Å². The number of nitrogens with zero attached hydrogens (tertiary/aromatic N) is 1. The smallest absolute Gasteiger partial charge is 0.326 e. The number of nitrogens with one attached hydrogen (secondary N) is 1. The Kier molecular flexibility index (Phi) is 5.11. The molecule has 8 nitrogen and oxygen atoms in total. The molecule has 1 aliphatic heterocycles. The highest BCUT2D eigenvalue weighted by Crippen LogP contribution is 2.10. The van der Waals surface area contributed by atoms with Crippen molar-refractivity contribution in [2.75, 3.05) is 13.1 Å². The zero-order chi connectivity index (χ0) is 14.6. The van der Waals surface area contributed by atoms with E-state index in [1.807, 2.05) is 13.8 Å². The number of hydrogen-bond acceptors (Lipinski definition) is 4. The summed E-state index contributed by atoms with van der Waals surface area (Å²) in [4.78, 5) is 35.1. The van der Waals surface area contributed by atoms with E-state index in [4.69, 9.17) is 15.6 Å². The maximum Gasteiger partial charge on any atom is 0.326 e. The predicted molar refractivity (Wildman–Crippen MR) is 65.3 cm³/mol. The lowest BCUT2D eigenvalue weighted by Crippen LogP contribution is -2.55. The second kappa shape index (κ2) is 6.37. The van der Waals surface area contributed by atoms with Crippen molar-refractivity contribution in [2.24, 2.45) is 5.73 Å². The third-order valence-corrected chi connectivity index (χ3v) is 2.71. The number of primary amides is 1. The Labute approximate surface area is 110 Å². The van der Waals surface area contributed by atoms with Gasteiger partial charge in [-0.1, -0.05) is 0 Å². The minimum absolute atomic E-state index is 0.117. The van der Waals surface area contributed by atoms with E-state index in [1.54, 1.807) is 0 Å². The summed E-state index contributed by atoms with van der Waals surface area (Å²) in [6.07, 6.45) is -0.667. The van der Waals surface area contributed by atoms with Gasteiger partial charge in [-0.25, -0.2) is 9.59 Å². The fourth-order valence-corrected chi connectivity index (χ4v) is 1.99. The van der Waals surface area contributed by atoms with Gasteiger partial charge in [-0.3, -0.25) is 4.79 Å². The number of carbonyl (C=O) groups excluding carboxylic acids is 2. The molecule has 3 atom stereocenters. The summed E-state index contributed by atoms with van der Waals surface area (Å²) >= 11 is 0. The van der Waals surface area contributed by atoms with Crippen LogP contribution in [0, 0.1) is 0 Å². The summed E-state index contributed by atoms with van der Waals surface area (Å²) in [6, 6.07) is -1.84. The molecule has 0 radical (unpaired) electrons. The van der Waals surface area contributed by atoms with Crippen molar-refractivity contribution in [3.05, 3.63) is 0 Å². The van der Waals surface area contributed by atoms with Gasteiger partial charge in [-0.2, -0.15) is 0 Å². The molecule has 0 spiro atoms. The lowest BCUT2D eigenvalue weighted by molar-refractivity contribution is -0.141. The van der Waals surface area contributed by atoms with E-state index in [1.165, 1.54) is 4.90 Å². The number of carboxylic acid groups (broad SMARTS) is 1. The highest BCUT2D eigenvalue weighted by molar-refractivity contribution is 5.87. The number of rotatable bonds is 4. The quantitative estimate of drug-likeness (QED) is 0.615. The number of aliphatic carboxylic acids is 1. The first-order valence-corrected chi connectivity index (χ1v) is 6.01. The van der Waals surface area contributed by atoms with Crippen LogP contribution in [0.5, 0.6) is 0 Å². The second-order valence-electron chi connectivity index (χ2n) is 4.67. The van der Waals surface area contributed by atoms with Gasteiger partial charge in [0, 0.05) is 13.1 Å². The Hall–Kier alpha value is -1.83. The lowest BCUT2D eigenvalue weighted by Gasteiger charge is -2.35. The maximum absolute atomic E-state index is 11.9. The molecule has 0 aromatic rings. The van der Waals surface area contributed by atoms with Crippen LogP contribution in [0.3, 0.4) is 0 Å². The Balaban J connectivity index is 2.61. The Morgan fingerprint density at radius 3 is 2.32 bits per heavy atom. The van der Waals surface area contributed by atoms with Crippen LogP contribution in [0.2, 0.25) is 0 Å². The maximum atomic E-state index is 11.9. The number of urea groups is 1. The van der Waals surface area contributed by atoms with Crippen molar-refractivity contribution in [2.45, 2.75) is 38.5 Å². The van der Waals surface area contributed by atoms with Crippen LogP contribution in [-0.2, 0) is 14.3 Å². The van der Waals surface area contributed by atoms with Crippen molar-refractivity contribution in [1.82, 2.24) is 10.2 Å². The Morgan fingerprint density at radius 1 is 1.37 bits per heavy atom. The zero-order valence-electron chi connectivity index (χ0n) is 11.0. The molecule has 108 valence electrons. The molecule has 8 heteroatoms. The zero-order valence-corrected chi connectivity index (χ0v) is 11.0. The third kappa shape index (κ3) is 4.74. The molecule has 4 N–H and O–H groups in total. The summed E-state index contributed by atoms with van der Waals surface area (Å²) in [5.41, 5.74) is 4.94. The first kappa shape index (κ1) is 15.2. The molecule has 0 aromatic heterocycles. The van der Waals surface area contributed by atoms with E-state index in [9.17, 15) is 14.4 Å². The van der Waals surface area contributed by atoms with E-state index in [0.717, 1.165) is 0 Å². The molecule has 0 aromatic carbocycles. The standard InChI is InChI=1S/C11H19N3O5/c1-6-4-14(5-7(2)19-6)11(18)13-8(10(16)17)3-9(12)15/h6-8H,3-5H2,1-2H3,(H2,12,15)(H,13,18)(H,16,17)/t6?,7?,8-/m0/s1. The van der Waals surface area contributed by atoms with Crippen LogP contribution in [0.1, 0.15) is 20.3 Å². The molecule has 0 bridgehead atoms. The minimum Gasteiger partial charge on any atom is -0.480 e. The predicted octanol–water partition coefficient (Wildman–Crippen LogP) is -0.866. The Morgan fingerprint density at radius 2 is 1.89 bits per heavy atom. The molecule has 2 unspecified atom stereocenters. The largest absolute Gasteiger partial charge is 0.480 e. The van der Waals surface area contributed by atoms with Crippen LogP contribution in [0.4, 0.5) is 4.79 Å². The van der Waals surface area contributed by atoms with E-state index in [0.29, 0.717) is 13.1 Å². The molecule has 1 aliphatic rings. The van der Waals surface area contributed by atoms with Crippen LogP contribution in [-0.4, -0.2) is 59.3 Å². The van der Waals surface area contributed by atoms with Crippen LogP contribution >= 0.6 is 0 Å². The summed E-state index contributed by atoms with van der Waals surface area (Å²) < 4.78 is 5.47. The minimum atomic E-state index is -1.31. The summed E-state index contributed by atoms with van der Waals surface area (Å²) in [6.45, 7) is 4.40. The van der Waals surface area contributed by atoms with E-state index in [2.05, 4.69) is 5.32 Å². The van der Waals surface area contributed by atoms with Gasteiger partial charge in [0.25, 0.3) is 0 Å². The summed E-state index contributed by atoms with van der Waals surface area (Å²) in [7, 11) is 0. The molecule has 1 saturated heterocycles. The van der Waals surface area contributed by atoms with Crippen molar-refractivity contribution < 1.29 is 24.2 Å². The SMILES string of the molecule is CC1CN(C(=O)N[C@@H](CC(N)=O)C(=O)O)CC(C)O1. The molecule has 0 aliphatic carbocycles. The van der Waals surface area contributed by atoms with Gasteiger partial charge in [0.1, 0.15) is 6.04 Å². The average molecular weight is 273 g/mol. The first-order valence-electron chi connectivity index (χ1n) is 6.01. The number of carbonyl (C=O) groups is 3. The molecular weight excluding hydrogens is 254 g/mol. The number of amides is 3. The number of hydrogen-bond donors (Lipinski definition) is 3.